The van der Waals surface area contributed by atoms with Crippen molar-refractivity contribution in [3.63, 3.8) is 0 Å². The lowest BCUT2D eigenvalue weighted by Crippen LogP contribution is -2.12. The van der Waals surface area contributed by atoms with Crippen LogP contribution >= 0.6 is 0 Å². The van der Waals surface area contributed by atoms with Crippen LogP contribution in [0, 0.1) is 0 Å². The molecule has 0 aromatic heterocycles. The summed E-state index contributed by atoms with van der Waals surface area (Å²) in [5.74, 6) is 0.872. The summed E-state index contributed by atoms with van der Waals surface area (Å²) in [5, 5.41) is 2.81. The summed E-state index contributed by atoms with van der Waals surface area (Å²) in [5.41, 5.74) is 2.28. The zero-order chi connectivity index (χ0) is 17.9. The van der Waals surface area contributed by atoms with Gasteiger partial charge in [-0.2, -0.15) is 0 Å². The molecule has 128 valence electrons. The van der Waals surface area contributed by atoms with Gasteiger partial charge in [-0.15, -0.1) is 0 Å². The van der Waals surface area contributed by atoms with Crippen molar-refractivity contribution in [2.75, 3.05) is 12.1 Å². The Labute approximate surface area is 150 Å². The number of carbonyl (C=O) groups excluding carboxylic acids is 2. The monoisotopic (exact) mass is 345 g/mol. The minimum Gasteiger partial charge on any atom is -0.454 e. The smallest absolute Gasteiger partial charge is 0.255 e. The van der Waals surface area contributed by atoms with Gasteiger partial charge in [-0.3, -0.25) is 9.59 Å². The molecular formula is C21H15NO4. The van der Waals surface area contributed by atoms with Gasteiger partial charge < -0.3 is 14.8 Å². The van der Waals surface area contributed by atoms with Gasteiger partial charge in [-0.25, -0.2) is 0 Å². The van der Waals surface area contributed by atoms with E-state index in [2.05, 4.69) is 5.32 Å². The molecule has 0 spiro atoms. The molecule has 0 unspecified atom stereocenters. The molecule has 1 aliphatic rings. The van der Waals surface area contributed by atoms with Gasteiger partial charge in [-0.1, -0.05) is 30.3 Å². The number of ether oxygens (including phenoxy) is 2. The van der Waals surface area contributed by atoms with Crippen LogP contribution < -0.4 is 14.8 Å². The van der Waals surface area contributed by atoms with Crippen molar-refractivity contribution < 1.29 is 19.1 Å². The molecule has 3 aromatic rings. The predicted molar refractivity (Wildman–Crippen MR) is 96.8 cm³/mol. The third kappa shape index (κ3) is 3.15. The van der Waals surface area contributed by atoms with Crippen LogP contribution in [-0.4, -0.2) is 18.5 Å². The van der Waals surface area contributed by atoms with Crippen molar-refractivity contribution >= 4 is 17.4 Å². The molecule has 1 N–H and O–H groups in total. The quantitative estimate of drug-likeness (QED) is 0.729. The maximum atomic E-state index is 12.4. The molecule has 3 aromatic carbocycles. The van der Waals surface area contributed by atoms with E-state index in [0.717, 1.165) is 0 Å². The number of carbonyl (C=O) groups is 2. The van der Waals surface area contributed by atoms with Gasteiger partial charge in [0.15, 0.2) is 17.3 Å². The molecule has 0 radical (unpaired) electrons. The van der Waals surface area contributed by atoms with E-state index in [1.165, 1.54) is 0 Å². The first-order valence-corrected chi connectivity index (χ1v) is 8.11. The largest absolute Gasteiger partial charge is 0.454 e. The minimum absolute atomic E-state index is 0.0563. The van der Waals surface area contributed by atoms with Crippen LogP contribution in [0.25, 0.3) is 0 Å². The lowest BCUT2D eigenvalue weighted by Gasteiger charge is -2.07. The van der Waals surface area contributed by atoms with Crippen LogP contribution in [0.5, 0.6) is 11.5 Å². The summed E-state index contributed by atoms with van der Waals surface area (Å²) >= 11 is 0. The number of nitrogens with one attached hydrogen (secondary N) is 1. The van der Waals surface area contributed by atoms with Crippen LogP contribution in [0.1, 0.15) is 26.3 Å². The molecule has 4 rings (SSSR count). The number of fused-ring (bicyclic) bond motifs is 1. The molecule has 1 amide bonds. The predicted octanol–water partition coefficient (Wildman–Crippen LogP) is 3.90. The highest BCUT2D eigenvalue weighted by Gasteiger charge is 2.16. The van der Waals surface area contributed by atoms with Gasteiger partial charge in [0, 0.05) is 22.4 Å². The van der Waals surface area contributed by atoms with Gasteiger partial charge in [-0.05, 0) is 42.5 Å². The molecule has 0 fully saturated rings. The van der Waals surface area contributed by atoms with Crippen molar-refractivity contribution in [2.45, 2.75) is 0 Å². The second-order valence-corrected chi connectivity index (χ2v) is 5.79. The number of ketones is 1. The lowest BCUT2D eigenvalue weighted by molar-refractivity contribution is 0.102. The van der Waals surface area contributed by atoms with Crippen LogP contribution in [0.2, 0.25) is 0 Å². The molecule has 5 nitrogen and oxygen atoms in total. The zero-order valence-corrected chi connectivity index (χ0v) is 13.8. The fourth-order valence-corrected chi connectivity index (χ4v) is 2.70. The molecular weight excluding hydrogens is 330 g/mol. The number of rotatable bonds is 4. The summed E-state index contributed by atoms with van der Waals surface area (Å²) in [7, 11) is 0. The summed E-state index contributed by atoms with van der Waals surface area (Å²) in [4.78, 5) is 24.8. The molecule has 0 aliphatic carbocycles. The number of amides is 1. The molecule has 0 bridgehead atoms. The summed E-state index contributed by atoms with van der Waals surface area (Å²) in [6.07, 6.45) is 0. The second-order valence-electron chi connectivity index (χ2n) is 5.79. The summed E-state index contributed by atoms with van der Waals surface area (Å²) in [6.45, 7) is 0.164. The molecule has 1 aliphatic heterocycles. The Morgan fingerprint density at radius 2 is 1.38 bits per heavy atom. The number of benzene rings is 3. The van der Waals surface area contributed by atoms with E-state index < -0.39 is 0 Å². The topological polar surface area (TPSA) is 64.6 Å². The number of hydrogen-bond donors (Lipinski definition) is 1. The molecule has 1 heterocycles. The Morgan fingerprint density at radius 1 is 0.731 bits per heavy atom. The van der Waals surface area contributed by atoms with E-state index in [0.29, 0.717) is 33.9 Å². The van der Waals surface area contributed by atoms with E-state index in [9.17, 15) is 9.59 Å². The van der Waals surface area contributed by atoms with E-state index in [1.807, 2.05) is 18.2 Å². The summed E-state index contributed by atoms with van der Waals surface area (Å²) < 4.78 is 10.5. The highest BCUT2D eigenvalue weighted by molar-refractivity contribution is 6.09. The average Bonchev–Trinajstić information content (AvgIpc) is 3.16. The van der Waals surface area contributed by atoms with Crippen molar-refractivity contribution in [1.29, 1.82) is 0 Å². The van der Waals surface area contributed by atoms with E-state index in [-0.39, 0.29) is 18.5 Å². The Hall–Kier alpha value is -3.60. The average molecular weight is 345 g/mol. The van der Waals surface area contributed by atoms with Crippen LogP contribution in [0.15, 0.2) is 72.8 Å². The first kappa shape index (κ1) is 15.9. The number of anilines is 1. The third-order valence-electron chi connectivity index (χ3n) is 4.08. The molecule has 0 saturated heterocycles. The molecule has 5 heteroatoms. The maximum Gasteiger partial charge on any atom is 0.255 e. The van der Waals surface area contributed by atoms with Crippen molar-refractivity contribution in [2.24, 2.45) is 0 Å². The lowest BCUT2D eigenvalue weighted by atomic mass is 10.0. The first-order valence-electron chi connectivity index (χ1n) is 8.11. The Balaban J connectivity index is 1.47. The fourth-order valence-electron chi connectivity index (χ4n) is 2.70. The number of hydrogen-bond acceptors (Lipinski definition) is 4. The van der Waals surface area contributed by atoms with E-state index in [1.54, 1.807) is 54.6 Å². The van der Waals surface area contributed by atoms with Gasteiger partial charge >= 0.3 is 0 Å². The first-order chi connectivity index (χ1) is 12.7. The normalized spacial score (nSPS) is 11.8. The minimum atomic E-state index is -0.259. The third-order valence-corrected chi connectivity index (χ3v) is 4.08. The van der Waals surface area contributed by atoms with Gasteiger partial charge in [0.2, 0.25) is 6.79 Å². The SMILES string of the molecule is O=C(Nc1ccc(C(=O)c2ccccc2)cc1)c1ccc2c(c1)OCO2. The van der Waals surface area contributed by atoms with Gasteiger partial charge in [0.25, 0.3) is 5.91 Å². The Kier molecular flexibility index (Phi) is 4.11. The van der Waals surface area contributed by atoms with E-state index >= 15 is 0 Å². The van der Waals surface area contributed by atoms with Crippen molar-refractivity contribution in [3.8, 4) is 11.5 Å². The van der Waals surface area contributed by atoms with Crippen LogP contribution in [0.4, 0.5) is 5.69 Å². The Bertz CT molecular complexity index is 965. The van der Waals surface area contributed by atoms with E-state index in [4.69, 9.17) is 9.47 Å². The fraction of sp³-hybridized carbons (Fsp3) is 0.0476. The molecule has 0 saturated carbocycles. The zero-order valence-electron chi connectivity index (χ0n) is 13.8. The van der Waals surface area contributed by atoms with Crippen LogP contribution in [0.3, 0.4) is 0 Å². The van der Waals surface area contributed by atoms with Crippen molar-refractivity contribution in [3.05, 3.63) is 89.5 Å². The highest BCUT2D eigenvalue weighted by Crippen LogP contribution is 2.32. The van der Waals surface area contributed by atoms with Gasteiger partial charge in [0.05, 0.1) is 0 Å². The maximum absolute atomic E-state index is 12.4. The van der Waals surface area contributed by atoms with Gasteiger partial charge in [0.1, 0.15) is 0 Å². The highest BCUT2D eigenvalue weighted by atomic mass is 16.7. The second kappa shape index (κ2) is 6.72. The Morgan fingerprint density at radius 3 is 2.15 bits per heavy atom. The van der Waals surface area contributed by atoms with Crippen LogP contribution in [-0.2, 0) is 0 Å². The standard InChI is InChI=1S/C21H15NO4/c23-20(14-4-2-1-3-5-14)15-6-9-17(10-7-15)22-21(24)16-8-11-18-19(12-16)26-13-25-18/h1-12H,13H2,(H,22,24). The van der Waals surface area contributed by atoms with Crippen molar-refractivity contribution in [1.82, 2.24) is 0 Å². The molecule has 0 atom stereocenters. The molecule has 26 heavy (non-hydrogen) atoms. The summed E-state index contributed by atoms with van der Waals surface area (Å²) in [6, 6.07) is 20.9.